The first-order chi connectivity index (χ1) is 16.5. The molecule has 34 heavy (non-hydrogen) atoms. The Bertz CT molecular complexity index is 1190. The van der Waals surface area contributed by atoms with E-state index in [1.807, 2.05) is 66.9 Å². The third-order valence-corrected chi connectivity index (χ3v) is 7.31. The van der Waals surface area contributed by atoms with Crippen LogP contribution in [0.5, 0.6) is 0 Å². The first-order valence-electron chi connectivity index (χ1n) is 11.2. The van der Waals surface area contributed by atoms with Crippen LogP contribution in [0.4, 0.5) is 10.7 Å². The van der Waals surface area contributed by atoms with E-state index >= 15 is 0 Å². The van der Waals surface area contributed by atoms with Gasteiger partial charge in [0.25, 0.3) is 0 Å². The van der Waals surface area contributed by atoms with Crippen molar-refractivity contribution in [1.29, 1.82) is 0 Å². The number of thiophene rings is 1. The van der Waals surface area contributed by atoms with Gasteiger partial charge < -0.3 is 15.4 Å². The molecule has 1 heterocycles. The fourth-order valence-electron chi connectivity index (χ4n) is 3.39. The van der Waals surface area contributed by atoms with Gasteiger partial charge in [0.15, 0.2) is 0 Å². The summed E-state index contributed by atoms with van der Waals surface area (Å²) in [6.07, 6.45) is 1.89. The zero-order chi connectivity index (χ0) is 24.1. The van der Waals surface area contributed by atoms with Gasteiger partial charge in [0, 0.05) is 27.4 Å². The summed E-state index contributed by atoms with van der Waals surface area (Å²) >= 11 is 2.69. The Morgan fingerprint density at radius 1 is 1.09 bits per heavy atom. The van der Waals surface area contributed by atoms with Crippen molar-refractivity contribution in [3.8, 4) is 11.1 Å². The number of hydrogen-bond donors (Lipinski definition) is 2. The lowest BCUT2D eigenvalue weighted by Crippen LogP contribution is -2.23. The van der Waals surface area contributed by atoms with Crippen LogP contribution in [0, 0.1) is 5.92 Å². The number of benzene rings is 2. The molecule has 0 radical (unpaired) electrons. The van der Waals surface area contributed by atoms with Crippen molar-refractivity contribution in [2.24, 2.45) is 5.92 Å². The van der Waals surface area contributed by atoms with E-state index in [1.165, 1.54) is 23.1 Å². The molecule has 2 N–H and O–H groups in total. The van der Waals surface area contributed by atoms with Crippen molar-refractivity contribution in [3.63, 3.8) is 0 Å². The Kier molecular flexibility index (Phi) is 7.70. The minimum absolute atomic E-state index is 0.0475. The van der Waals surface area contributed by atoms with Crippen LogP contribution in [0.25, 0.3) is 11.1 Å². The molecule has 2 aromatic carbocycles. The van der Waals surface area contributed by atoms with E-state index < -0.39 is 11.2 Å². The maximum Gasteiger partial charge on any atom is 0.341 e. The Hall–Kier alpha value is -3.10. The Morgan fingerprint density at radius 3 is 2.56 bits per heavy atom. The maximum absolute atomic E-state index is 13.0. The van der Waals surface area contributed by atoms with E-state index in [-0.39, 0.29) is 24.3 Å². The lowest BCUT2D eigenvalue weighted by molar-refractivity contribution is -0.117. The second kappa shape index (κ2) is 10.9. The molecule has 1 saturated carbocycles. The predicted octanol–water partition coefficient (Wildman–Crippen LogP) is 6.06. The Balaban J connectivity index is 1.47. The number of esters is 1. The average molecular weight is 495 g/mol. The molecule has 1 fully saturated rings. The van der Waals surface area contributed by atoms with Gasteiger partial charge in [-0.2, -0.15) is 0 Å². The van der Waals surface area contributed by atoms with Crippen molar-refractivity contribution in [2.75, 3.05) is 17.2 Å². The molecule has 1 aromatic heterocycles. The van der Waals surface area contributed by atoms with Gasteiger partial charge in [0.05, 0.1) is 11.9 Å². The maximum atomic E-state index is 13.0. The summed E-state index contributed by atoms with van der Waals surface area (Å²) in [4.78, 5) is 38.7. The molecule has 8 heteroatoms. The first kappa shape index (κ1) is 24.0. The number of anilines is 2. The number of nitrogens with one attached hydrogen (secondary N) is 2. The van der Waals surface area contributed by atoms with Crippen LogP contribution in [0.3, 0.4) is 0 Å². The molecule has 176 valence electrons. The summed E-state index contributed by atoms with van der Waals surface area (Å²) in [5.74, 6) is -0.505. The quantitative estimate of drug-likeness (QED) is 0.279. The van der Waals surface area contributed by atoms with E-state index in [1.54, 1.807) is 6.92 Å². The van der Waals surface area contributed by atoms with Gasteiger partial charge in [-0.15, -0.1) is 23.1 Å². The number of ether oxygens (including phenoxy) is 1. The van der Waals surface area contributed by atoms with E-state index in [0.717, 1.165) is 34.6 Å². The molecule has 1 aliphatic carbocycles. The minimum Gasteiger partial charge on any atom is -0.462 e. The molecular formula is C26H26N2O4S2. The topological polar surface area (TPSA) is 84.5 Å². The zero-order valence-corrected chi connectivity index (χ0v) is 20.6. The van der Waals surface area contributed by atoms with Gasteiger partial charge in [0.1, 0.15) is 10.6 Å². The molecule has 4 rings (SSSR count). The SMILES string of the molecule is CCOC(=O)c1c(-c2ccccc2)csc1NC(=O)C(C)Sc1cccc(NC(=O)C2CC2)c1. The lowest BCUT2D eigenvalue weighted by Gasteiger charge is -2.14. The average Bonchev–Trinajstić information content (AvgIpc) is 3.60. The van der Waals surface area contributed by atoms with Crippen molar-refractivity contribution < 1.29 is 19.1 Å². The standard InChI is InChI=1S/C26H26N2O4S2/c1-3-32-26(31)22-21(17-8-5-4-6-9-17)15-33-25(22)28-23(29)16(2)34-20-11-7-10-19(14-20)27-24(30)18-12-13-18/h4-11,14-16,18H,3,12-13H2,1-2H3,(H,27,30)(H,28,29). The van der Waals surface area contributed by atoms with Crippen LogP contribution < -0.4 is 10.6 Å². The molecule has 1 aliphatic rings. The smallest absolute Gasteiger partial charge is 0.341 e. The van der Waals surface area contributed by atoms with Gasteiger partial charge in [-0.1, -0.05) is 36.4 Å². The number of thioether (sulfide) groups is 1. The van der Waals surface area contributed by atoms with Gasteiger partial charge in [-0.25, -0.2) is 4.79 Å². The summed E-state index contributed by atoms with van der Waals surface area (Å²) in [6, 6.07) is 17.0. The van der Waals surface area contributed by atoms with Gasteiger partial charge in [-0.3, -0.25) is 9.59 Å². The van der Waals surface area contributed by atoms with Gasteiger partial charge >= 0.3 is 5.97 Å². The normalized spacial score (nSPS) is 13.7. The number of amides is 2. The molecule has 0 spiro atoms. The summed E-state index contributed by atoms with van der Waals surface area (Å²) in [5.41, 5.74) is 2.71. The van der Waals surface area contributed by atoms with Crippen LogP contribution >= 0.6 is 23.1 Å². The number of carbonyl (C=O) groups is 3. The first-order valence-corrected chi connectivity index (χ1v) is 12.9. The highest BCUT2D eigenvalue weighted by Crippen LogP contribution is 2.37. The molecule has 6 nitrogen and oxygen atoms in total. The zero-order valence-electron chi connectivity index (χ0n) is 19.0. The highest BCUT2D eigenvalue weighted by atomic mass is 32.2. The largest absolute Gasteiger partial charge is 0.462 e. The van der Waals surface area contributed by atoms with Crippen molar-refractivity contribution in [1.82, 2.24) is 0 Å². The van der Waals surface area contributed by atoms with E-state index in [2.05, 4.69) is 10.6 Å². The third kappa shape index (κ3) is 5.87. The summed E-state index contributed by atoms with van der Waals surface area (Å²) in [7, 11) is 0. The molecule has 0 bridgehead atoms. The number of carbonyl (C=O) groups excluding carboxylic acids is 3. The molecule has 0 aliphatic heterocycles. The van der Waals surface area contributed by atoms with E-state index in [9.17, 15) is 14.4 Å². The molecule has 2 amide bonds. The Morgan fingerprint density at radius 2 is 1.85 bits per heavy atom. The van der Waals surface area contributed by atoms with Crippen LogP contribution in [0.2, 0.25) is 0 Å². The molecule has 3 aromatic rings. The van der Waals surface area contributed by atoms with Gasteiger partial charge in [-0.05, 0) is 50.5 Å². The van der Waals surface area contributed by atoms with Crippen LogP contribution in [0.1, 0.15) is 37.0 Å². The van der Waals surface area contributed by atoms with Crippen molar-refractivity contribution in [2.45, 2.75) is 36.8 Å². The summed E-state index contributed by atoms with van der Waals surface area (Å²) in [6.45, 7) is 3.81. The molecule has 1 atom stereocenters. The second-order valence-electron chi connectivity index (χ2n) is 7.98. The fraction of sp³-hybridized carbons (Fsp3) is 0.269. The van der Waals surface area contributed by atoms with E-state index in [0.29, 0.717) is 10.6 Å². The van der Waals surface area contributed by atoms with Gasteiger partial charge in [0.2, 0.25) is 11.8 Å². The van der Waals surface area contributed by atoms with Crippen LogP contribution in [-0.2, 0) is 14.3 Å². The monoisotopic (exact) mass is 494 g/mol. The van der Waals surface area contributed by atoms with Crippen LogP contribution in [0.15, 0.2) is 64.9 Å². The highest BCUT2D eigenvalue weighted by Gasteiger charge is 2.29. The third-order valence-electron chi connectivity index (χ3n) is 5.32. The summed E-state index contributed by atoms with van der Waals surface area (Å²) in [5, 5.41) is 7.76. The fourth-order valence-corrected chi connectivity index (χ4v) is 5.28. The van der Waals surface area contributed by atoms with Crippen molar-refractivity contribution in [3.05, 3.63) is 65.5 Å². The number of hydrogen-bond acceptors (Lipinski definition) is 6. The van der Waals surface area contributed by atoms with Crippen molar-refractivity contribution >= 4 is 51.6 Å². The number of rotatable bonds is 9. The summed E-state index contributed by atoms with van der Waals surface area (Å²) < 4.78 is 5.27. The second-order valence-corrected chi connectivity index (χ2v) is 10.3. The Labute approximate surface area is 207 Å². The molecular weight excluding hydrogens is 468 g/mol. The molecule has 1 unspecified atom stereocenters. The lowest BCUT2D eigenvalue weighted by atomic mass is 10.0. The minimum atomic E-state index is -0.461. The predicted molar refractivity (Wildman–Crippen MR) is 137 cm³/mol. The van der Waals surface area contributed by atoms with Crippen LogP contribution in [-0.4, -0.2) is 29.6 Å². The van der Waals surface area contributed by atoms with E-state index in [4.69, 9.17) is 4.74 Å². The molecule has 0 saturated heterocycles. The highest BCUT2D eigenvalue weighted by molar-refractivity contribution is 8.00.